The molecule has 4 nitrogen and oxygen atoms in total. The minimum Gasteiger partial charge on any atom is -0.462 e. The van der Waals surface area contributed by atoms with Gasteiger partial charge in [-0.3, -0.25) is 4.79 Å². The van der Waals surface area contributed by atoms with Crippen LogP contribution in [0, 0.1) is 11.8 Å². The summed E-state index contributed by atoms with van der Waals surface area (Å²) in [6, 6.07) is 0. The summed E-state index contributed by atoms with van der Waals surface area (Å²) in [7, 11) is 1.57. The lowest BCUT2D eigenvalue weighted by atomic mass is 9.82. The Kier molecular flexibility index (Phi) is 5.92. The summed E-state index contributed by atoms with van der Waals surface area (Å²) in [6.07, 6.45) is 3.31. The van der Waals surface area contributed by atoms with Gasteiger partial charge in [0.15, 0.2) is 0 Å². The van der Waals surface area contributed by atoms with E-state index in [1.165, 1.54) is 6.42 Å². The zero-order valence-electron chi connectivity index (χ0n) is 11.1. The Hall–Kier alpha value is -0.610. The van der Waals surface area contributed by atoms with Crippen LogP contribution >= 0.6 is 0 Å². The smallest absolute Gasteiger partial charge is 0.308 e. The lowest BCUT2D eigenvalue weighted by Crippen LogP contribution is -2.31. The topological polar surface area (TPSA) is 61.5 Å². The van der Waals surface area contributed by atoms with E-state index in [1.54, 1.807) is 7.11 Å². The SMILES string of the molecule is COC(CN)CC(=O)OC1CC(C)CC(C)C1. The van der Waals surface area contributed by atoms with Crippen LogP contribution in [0.25, 0.3) is 0 Å². The van der Waals surface area contributed by atoms with Crippen molar-refractivity contribution in [3.8, 4) is 0 Å². The molecular formula is C13H25NO3. The number of rotatable bonds is 5. The van der Waals surface area contributed by atoms with Crippen LogP contribution in [0.15, 0.2) is 0 Å². The highest BCUT2D eigenvalue weighted by Gasteiger charge is 2.27. The van der Waals surface area contributed by atoms with E-state index in [1.807, 2.05) is 0 Å². The molecule has 1 saturated carbocycles. The molecule has 0 spiro atoms. The molecule has 0 heterocycles. The molecule has 1 fully saturated rings. The summed E-state index contributed by atoms with van der Waals surface area (Å²) in [5.41, 5.74) is 5.48. The fourth-order valence-corrected chi connectivity index (χ4v) is 2.65. The standard InChI is InChI=1S/C13H25NO3/c1-9-4-10(2)6-11(5-9)17-13(15)7-12(8-14)16-3/h9-12H,4-8,14H2,1-3H3. The van der Waals surface area contributed by atoms with Gasteiger partial charge in [0.25, 0.3) is 0 Å². The molecule has 0 aromatic carbocycles. The largest absolute Gasteiger partial charge is 0.462 e. The average molecular weight is 243 g/mol. The minimum atomic E-state index is -0.221. The quantitative estimate of drug-likeness (QED) is 0.747. The van der Waals surface area contributed by atoms with Crippen molar-refractivity contribution in [1.82, 2.24) is 0 Å². The first-order chi connectivity index (χ1) is 8.05. The van der Waals surface area contributed by atoms with Crippen LogP contribution in [0.3, 0.4) is 0 Å². The molecule has 4 heteroatoms. The molecule has 0 aromatic heterocycles. The molecule has 0 bridgehead atoms. The maximum atomic E-state index is 11.7. The first-order valence-corrected chi connectivity index (χ1v) is 6.47. The van der Waals surface area contributed by atoms with Crippen molar-refractivity contribution < 1.29 is 14.3 Å². The Bertz CT molecular complexity index is 231. The van der Waals surface area contributed by atoms with E-state index in [0.717, 1.165) is 12.8 Å². The molecule has 0 aliphatic heterocycles. The monoisotopic (exact) mass is 243 g/mol. The number of hydrogen-bond acceptors (Lipinski definition) is 4. The van der Waals surface area contributed by atoms with Gasteiger partial charge in [-0.25, -0.2) is 0 Å². The molecule has 3 unspecified atom stereocenters. The molecule has 0 aromatic rings. The lowest BCUT2D eigenvalue weighted by Gasteiger charge is -2.31. The summed E-state index contributed by atoms with van der Waals surface area (Å²) in [5, 5.41) is 0. The van der Waals surface area contributed by atoms with Crippen molar-refractivity contribution in [2.24, 2.45) is 17.6 Å². The summed E-state index contributed by atoms with van der Waals surface area (Å²) < 4.78 is 10.6. The Morgan fingerprint density at radius 1 is 1.29 bits per heavy atom. The van der Waals surface area contributed by atoms with Crippen molar-refractivity contribution in [1.29, 1.82) is 0 Å². The number of ether oxygens (including phenoxy) is 2. The molecule has 0 amide bonds. The van der Waals surface area contributed by atoms with Crippen LogP contribution in [0.5, 0.6) is 0 Å². The van der Waals surface area contributed by atoms with Gasteiger partial charge in [0.05, 0.1) is 12.5 Å². The summed E-state index contributed by atoms with van der Waals surface area (Å²) in [6.45, 7) is 4.78. The van der Waals surface area contributed by atoms with E-state index in [2.05, 4.69) is 13.8 Å². The van der Waals surface area contributed by atoms with Gasteiger partial charge in [-0.15, -0.1) is 0 Å². The van der Waals surface area contributed by atoms with Crippen molar-refractivity contribution in [3.63, 3.8) is 0 Å². The number of hydrogen-bond donors (Lipinski definition) is 1. The predicted octanol–water partition coefficient (Wildman–Crippen LogP) is 1.72. The number of carbonyl (C=O) groups excluding carboxylic acids is 1. The highest BCUT2D eigenvalue weighted by Crippen LogP contribution is 2.30. The highest BCUT2D eigenvalue weighted by molar-refractivity contribution is 5.70. The van der Waals surface area contributed by atoms with E-state index < -0.39 is 0 Å². The van der Waals surface area contributed by atoms with E-state index in [-0.39, 0.29) is 24.6 Å². The van der Waals surface area contributed by atoms with Gasteiger partial charge in [0.1, 0.15) is 6.10 Å². The zero-order valence-corrected chi connectivity index (χ0v) is 11.1. The molecule has 1 aliphatic carbocycles. The molecule has 2 N–H and O–H groups in total. The van der Waals surface area contributed by atoms with E-state index in [4.69, 9.17) is 15.2 Å². The van der Waals surface area contributed by atoms with Gasteiger partial charge in [0, 0.05) is 13.7 Å². The second-order valence-electron chi connectivity index (χ2n) is 5.33. The third-order valence-electron chi connectivity index (χ3n) is 3.42. The van der Waals surface area contributed by atoms with Crippen molar-refractivity contribution in [2.75, 3.05) is 13.7 Å². The molecule has 0 radical (unpaired) electrons. The Balaban J connectivity index is 2.34. The Labute approximate surface area is 104 Å². The van der Waals surface area contributed by atoms with Crippen LogP contribution in [0.1, 0.15) is 39.5 Å². The molecule has 100 valence electrons. The van der Waals surface area contributed by atoms with E-state index in [9.17, 15) is 4.79 Å². The molecule has 0 saturated heterocycles. The normalized spacial score (nSPS) is 30.9. The zero-order chi connectivity index (χ0) is 12.8. The summed E-state index contributed by atoms with van der Waals surface area (Å²) in [5.74, 6) is 1.10. The van der Waals surface area contributed by atoms with Gasteiger partial charge in [0.2, 0.25) is 0 Å². The number of esters is 1. The van der Waals surface area contributed by atoms with Crippen LogP contribution < -0.4 is 5.73 Å². The van der Waals surface area contributed by atoms with Crippen molar-refractivity contribution >= 4 is 5.97 Å². The minimum absolute atomic E-state index is 0.0801. The fourth-order valence-electron chi connectivity index (χ4n) is 2.65. The summed E-state index contributed by atoms with van der Waals surface area (Å²) >= 11 is 0. The second-order valence-corrected chi connectivity index (χ2v) is 5.33. The predicted molar refractivity (Wildman–Crippen MR) is 66.5 cm³/mol. The van der Waals surface area contributed by atoms with Gasteiger partial charge < -0.3 is 15.2 Å². The third-order valence-corrected chi connectivity index (χ3v) is 3.42. The molecule has 1 aliphatic rings. The highest BCUT2D eigenvalue weighted by atomic mass is 16.5. The number of methoxy groups -OCH3 is 1. The lowest BCUT2D eigenvalue weighted by molar-refractivity contribution is -0.154. The second kappa shape index (κ2) is 6.97. The molecule has 1 rings (SSSR count). The van der Waals surface area contributed by atoms with Gasteiger partial charge in [-0.05, 0) is 31.1 Å². The molecule has 17 heavy (non-hydrogen) atoms. The van der Waals surface area contributed by atoms with Crippen LogP contribution in [-0.2, 0) is 14.3 Å². The van der Waals surface area contributed by atoms with E-state index >= 15 is 0 Å². The fraction of sp³-hybridized carbons (Fsp3) is 0.923. The van der Waals surface area contributed by atoms with Crippen molar-refractivity contribution in [2.45, 2.75) is 51.7 Å². The number of nitrogens with two attached hydrogens (primary N) is 1. The summed E-state index contributed by atoms with van der Waals surface area (Å²) in [4.78, 5) is 11.7. The van der Waals surface area contributed by atoms with Crippen LogP contribution in [-0.4, -0.2) is 31.8 Å². The van der Waals surface area contributed by atoms with Crippen LogP contribution in [0.4, 0.5) is 0 Å². The first-order valence-electron chi connectivity index (χ1n) is 6.47. The third kappa shape index (κ3) is 5.04. The maximum absolute atomic E-state index is 11.7. The number of carbonyl (C=O) groups is 1. The Morgan fingerprint density at radius 2 is 1.88 bits per heavy atom. The average Bonchev–Trinajstić information content (AvgIpc) is 2.24. The molecular weight excluding hydrogens is 218 g/mol. The van der Waals surface area contributed by atoms with E-state index in [0.29, 0.717) is 18.4 Å². The van der Waals surface area contributed by atoms with Gasteiger partial charge in [-0.2, -0.15) is 0 Å². The van der Waals surface area contributed by atoms with Crippen LogP contribution in [0.2, 0.25) is 0 Å². The maximum Gasteiger partial charge on any atom is 0.308 e. The molecule has 3 atom stereocenters. The first kappa shape index (κ1) is 14.5. The Morgan fingerprint density at radius 3 is 2.35 bits per heavy atom. The van der Waals surface area contributed by atoms with Gasteiger partial charge >= 0.3 is 5.97 Å². The van der Waals surface area contributed by atoms with Gasteiger partial charge in [-0.1, -0.05) is 13.8 Å². The van der Waals surface area contributed by atoms with Crippen molar-refractivity contribution in [3.05, 3.63) is 0 Å².